The standard InChI is InChI=1S/C17H38O8Si4.C14H34O6Si4/c1-15(2)17(19)21-14-16(18)13-20-11-10-12-29(9)24-27(5,6)22-26(3,4)23-28(7,8)25-29;1-13(2)14(15)16-11-10-12-24(9)19-22(5,6)17-21(3,4)18-23(7,8)20-24/h16,18H,1,10-14H2,2-9H3;13H,10-12H2,1-9H3. The van der Waals surface area contributed by atoms with Gasteiger partial charge < -0.3 is 52.2 Å². The lowest BCUT2D eigenvalue weighted by molar-refractivity contribution is -0.147. The first kappa shape index (κ1) is 51.0. The fraction of sp³-hybridized carbons (Fsp3) is 0.871. The van der Waals surface area contributed by atoms with Crippen molar-refractivity contribution in [3.8, 4) is 0 Å². The van der Waals surface area contributed by atoms with E-state index in [0.717, 1.165) is 24.9 Å². The van der Waals surface area contributed by atoms with Crippen molar-refractivity contribution in [2.75, 3.05) is 26.4 Å². The minimum atomic E-state index is -2.50. The van der Waals surface area contributed by atoms with Gasteiger partial charge in [0.15, 0.2) is 0 Å². The quantitative estimate of drug-likeness (QED) is 0.0826. The molecule has 1 unspecified atom stereocenters. The molecular formula is C31H72O14Si8. The minimum Gasteiger partial charge on any atom is -0.465 e. The Balaban J connectivity index is 0.000000540. The van der Waals surface area contributed by atoms with Gasteiger partial charge in [0.05, 0.1) is 19.1 Å². The molecule has 2 heterocycles. The van der Waals surface area contributed by atoms with Gasteiger partial charge in [-0.2, -0.15) is 0 Å². The van der Waals surface area contributed by atoms with Gasteiger partial charge in [-0.25, -0.2) is 4.79 Å². The van der Waals surface area contributed by atoms with Crippen molar-refractivity contribution < 1.29 is 61.8 Å². The van der Waals surface area contributed by atoms with Crippen LogP contribution in [0.25, 0.3) is 0 Å². The summed E-state index contributed by atoms with van der Waals surface area (Å²) in [5.41, 5.74) is 0.299. The molecule has 0 aromatic carbocycles. The normalized spacial score (nSPS) is 24.1. The molecule has 0 spiro atoms. The number of esters is 2. The van der Waals surface area contributed by atoms with E-state index in [2.05, 4.69) is 59.0 Å². The van der Waals surface area contributed by atoms with Crippen LogP contribution in [0.1, 0.15) is 33.6 Å². The maximum Gasteiger partial charge on any atom is 0.333 e. The topological polar surface area (TPSA) is 156 Å². The van der Waals surface area contributed by atoms with E-state index in [9.17, 15) is 14.7 Å². The number of aliphatic hydroxyl groups is 1. The SMILES string of the molecule is C=C(C)C(=O)OCC(O)COCCC[Si]1(C)O[Si](C)(C)O[Si](C)(C)O[Si](C)(C)O1.CC(C)C(=O)OCCC[Si]1(C)O[Si](C)(C)O[Si](C)(C)O[Si](C)(C)O1. The Bertz CT molecular complexity index is 1170. The number of carbonyl (C=O) groups is 2. The Kier molecular flexibility index (Phi) is 19.4. The summed E-state index contributed by atoms with van der Waals surface area (Å²) < 4.78 is 66.9. The number of carbonyl (C=O) groups excluding carboxylic acids is 2. The van der Waals surface area contributed by atoms with Gasteiger partial charge in [-0.1, -0.05) is 20.4 Å². The number of rotatable bonds is 14. The van der Waals surface area contributed by atoms with E-state index in [0.29, 0.717) is 18.8 Å². The van der Waals surface area contributed by atoms with E-state index in [1.807, 2.05) is 53.1 Å². The van der Waals surface area contributed by atoms with Crippen LogP contribution in [-0.4, -0.2) is 118 Å². The van der Waals surface area contributed by atoms with Crippen molar-refractivity contribution in [1.82, 2.24) is 0 Å². The second-order valence-electron chi connectivity index (χ2n) is 17.1. The Morgan fingerprint density at radius 2 is 0.906 bits per heavy atom. The predicted octanol–water partition coefficient (Wildman–Crippen LogP) is 6.96. The average Bonchev–Trinajstić information content (AvgIpc) is 2.88. The predicted molar refractivity (Wildman–Crippen MR) is 224 cm³/mol. The second kappa shape index (κ2) is 20.1. The van der Waals surface area contributed by atoms with Crippen LogP contribution in [0.4, 0.5) is 0 Å². The number of hydrogen-bond acceptors (Lipinski definition) is 14. The van der Waals surface area contributed by atoms with Crippen molar-refractivity contribution >= 4 is 80.4 Å². The largest absolute Gasteiger partial charge is 0.465 e. The lowest BCUT2D eigenvalue weighted by Gasteiger charge is -2.47. The van der Waals surface area contributed by atoms with Gasteiger partial charge in [0.2, 0.25) is 0 Å². The molecule has 2 aliphatic heterocycles. The molecule has 2 fully saturated rings. The van der Waals surface area contributed by atoms with E-state index >= 15 is 0 Å². The molecule has 22 heteroatoms. The van der Waals surface area contributed by atoms with Crippen LogP contribution in [0.2, 0.25) is 104 Å². The summed E-state index contributed by atoms with van der Waals surface area (Å²) in [4.78, 5) is 22.9. The van der Waals surface area contributed by atoms with E-state index in [1.165, 1.54) is 0 Å². The van der Waals surface area contributed by atoms with Crippen LogP contribution in [-0.2, 0) is 56.7 Å². The first-order valence-corrected chi connectivity index (χ1v) is 40.5. The Hall–Kier alpha value is 0.0151. The van der Waals surface area contributed by atoms with E-state index in [-0.39, 0.29) is 25.1 Å². The van der Waals surface area contributed by atoms with Crippen LogP contribution >= 0.6 is 0 Å². The van der Waals surface area contributed by atoms with E-state index < -0.39 is 80.6 Å². The summed E-state index contributed by atoms with van der Waals surface area (Å²) in [5, 5.41) is 9.84. The third-order valence-electron chi connectivity index (χ3n) is 7.29. The van der Waals surface area contributed by atoms with Crippen LogP contribution in [0.5, 0.6) is 0 Å². The molecule has 312 valence electrons. The van der Waals surface area contributed by atoms with E-state index in [1.54, 1.807) is 6.92 Å². The first-order valence-electron chi connectivity index (χ1n) is 18.6. The van der Waals surface area contributed by atoms with Crippen molar-refractivity contribution in [3.05, 3.63) is 12.2 Å². The minimum absolute atomic E-state index is 0.0932. The summed E-state index contributed by atoms with van der Waals surface area (Å²) in [6.45, 7) is 38.3. The van der Waals surface area contributed by atoms with Crippen molar-refractivity contribution in [1.29, 1.82) is 0 Å². The highest BCUT2D eigenvalue weighted by atomic mass is 28.5. The Morgan fingerprint density at radius 3 is 1.25 bits per heavy atom. The molecule has 14 nitrogen and oxygen atoms in total. The van der Waals surface area contributed by atoms with Gasteiger partial charge in [-0.05, 0) is 124 Å². The van der Waals surface area contributed by atoms with Gasteiger partial charge in [0.1, 0.15) is 12.7 Å². The van der Waals surface area contributed by atoms with Gasteiger partial charge >= 0.3 is 80.4 Å². The molecule has 0 aromatic rings. The number of hydrogen-bond donors (Lipinski definition) is 1. The molecule has 0 saturated carbocycles. The monoisotopic (exact) mass is 892 g/mol. The molecule has 0 amide bonds. The molecule has 2 saturated heterocycles. The van der Waals surface area contributed by atoms with Crippen molar-refractivity contribution in [2.24, 2.45) is 5.92 Å². The highest BCUT2D eigenvalue weighted by molar-refractivity contribution is 6.94. The highest BCUT2D eigenvalue weighted by Crippen LogP contribution is 2.34. The van der Waals surface area contributed by atoms with Crippen LogP contribution < -0.4 is 0 Å². The molecule has 0 aliphatic carbocycles. The zero-order chi connectivity index (χ0) is 41.3. The fourth-order valence-electron chi connectivity index (χ4n) is 6.61. The summed E-state index contributed by atoms with van der Waals surface area (Å²) in [6.07, 6.45) is 0.597. The molecule has 1 N–H and O–H groups in total. The third kappa shape index (κ3) is 21.4. The van der Waals surface area contributed by atoms with Crippen LogP contribution in [0.15, 0.2) is 12.2 Å². The zero-order valence-corrected chi connectivity index (χ0v) is 43.8. The summed E-state index contributed by atoms with van der Waals surface area (Å²) in [6, 6.07) is 1.51. The molecule has 1 atom stereocenters. The second-order valence-corrected chi connectivity index (χ2v) is 46.0. The highest BCUT2D eigenvalue weighted by Gasteiger charge is 2.53. The number of aliphatic hydroxyl groups excluding tert-OH is 1. The fourth-order valence-corrected chi connectivity index (χ4v) is 49.7. The van der Waals surface area contributed by atoms with Gasteiger partial charge in [-0.3, -0.25) is 4.79 Å². The summed E-state index contributed by atoms with van der Waals surface area (Å²) in [7, 11) is -18.8. The average molecular weight is 894 g/mol. The maximum atomic E-state index is 11.6. The zero-order valence-electron chi connectivity index (χ0n) is 35.8. The van der Waals surface area contributed by atoms with Gasteiger partial charge in [0.25, 0.3) is 0 Å². The summed E-state index contributed by atoms with van der Waals surface area (Å²) >= 11 is 0. The lowest BCUT2D eigenvalue weighted by atomic mass is 10.2. The maximum absolute atomic E-state index is 11.6. The van der Waals surface area contributed by atoms with E-state index in [4.69, 9.17) is 47.1 Å². The van der Waals surface area contributed by atoms with Crippen LogP contribution in [0.3, 0.4) is 0 Å². The van der Waals surface area contributed by atoms with Gasteiger partial charge in [-0.15, -0.1) is 0 Å². The van der Waals surface area contributed by atoms with Gasteiger partial charge in [0, 0.05) is 12.2 Å². The Morgan fingerprint density at radius 1 is 0.566 bits per heavy atom. The first-order chi connectivity index (χ1) is 23.7. The lowest BCUT2D eigenvalue weighted by Crippen LogP contribution is -2.65. The Labute approximate surface area is 328 Å². The smallest absolute Gasteiger partial charge is 0.333 e. The van der Waals surface area contributed by atoms with Crippen molar-refractivity contribution in [2.45, 2.75) is 143 Å². The molecular weight excluding hydrogens is 821 g/mol. The molecule has 2 aliphatic rings. The third-order valence-corrected chi connectivity index (χ3v) is 40.3. The molecule has 0 aromatic heterocycles. The number of ether oxygens (including phenoxy) is 3. The van der Waals surface area contributed by atoms with Crippen LogP contribution in [0, 0.1) is 5.92 Å². The molecule has 53 heavy (non-hydrogen) atoms. The summed E-state index contributed by atoms with van der Waals surface area (Å²) in [5.74, 6) is -0.778. The van der Waals surface area contributed by atoms with Crippen molar-refractivity contribution in [3.63, 3.8) is 0 Å². The molecule has 0 radical (unpaired) electrons. The molecule has 2 rings (SSSR count). The molecule has 0 bridgehead atoms.